The molecule has 3 heterocycles. The molecular weight excluding hydrogens is 410 g/mol. The molecular formula is C16H19BrClN5O2. The van der Waals surface area contributed by atoms with E-state index in [0.29, 0.717) is 35.2 Å². The molecule has 2 aromatic heterocycles. The molecule has 1 amide bonds. The first kappa shape index (κ1) is 18.1. The Balaban J connectivity index is 1.71. The smallest absolute Gasteiger partial charge is 0.408 e. The van der Waals surface area contributed by atoms with Crippen LogP contribution in [0, 0.1) is 0 Å². The maximum atomic E-state index is 12.0. The van der Waals surface area contributed by atoms with Crippen molar-refractivity contribution in [3.8, 4) is 0 Å². The standard InChI is InChI=1S/C16H19BrClN5O2/c1-15(2,3)25-14(24)22-16(4)7-23(8-16)13-11(18)20-10-5-9(17)6-19-12(10)21-13/h5-6H,7-8H2,1-4H3,(H,22,24). The molecule has 1 aliphatic heterocycles. The van der Waals surface area contributed by atoms with Gasteiger partial charge in [-0.3, -0.25) is 0 Å². The van der Waals surface area contributed by atoms with Crippen LogP contribution in [0.15, 0.2) is 16.7 Å². The van der Waals surface area contributed by atoms with Gasteiger partial charge in [-0.25, -0.2) is 19.7 Å². The van der Waals surface area contributed by atoms with Gasteiger partial charge in [-0.15, -0.1) is 0 Å². The number of aromatic nitrogens is 3. The number of ether oxygens (including phenoxy) is 1. The number of halogens is 2. The summed E-state index contributed by atoms with van der Waals surface area (Å²) in [7, 11) is 0. The number of hydrogen-bond donors (Lipinski definition) is 1. The van der Waals surface area contributed by atoms with Gasteiger partial charge in [-0.1, -0.05) is 11.6 Å². The number of hydrogen-bond acceptors (Lipinski definition) is 6. The molecule has 9 heteroatoms. The van der Waals surface area contributed by atoms with E-state index in [0.717, 1.165) is 4.47 Å². The van der Waals surface area contributed by atoms with Gasteiger partial charge < -0.3 is 15.0 Å². The van der Waals surface area contributed by atoms with Gasteiger partial charge in [0, 0.05) is 23.8 Å². The number of amides is 1. The van der Waals surface area contributed by atoms with Crippen molar-refractivity contribution in [2.75, 3.05) is 18.0 Å². The summed E-state index contributed by atoms with van der Waals surface area (Å²) in [5.41, 5.74) is 0.210. The zero-order chi connectivity index (χ0) is 18.4. The quantitative estimate of drug-likeness (QED) is 0.788. The highest BCUT2D eigenvalue weighted by atomic mass is 79.9. The van der Waals surface area contributed by atoms with Crippen LogP contribution >= 0.6 is 27.5 Å². The Labute approximate surface area is 159 Å². The van der Waals surface area contributed by atoms with Crippen molar-refractivity contribution in [3.63, 3.8) is 0 Å². The summed E-state index contributed by atoms with van der Waals surface area (Å²) in [6.45, 7) is 8.56. The van der Waals surface area contributed by atoms with Crippen LogP contribution in [-0.4, -0.2) is 45.3 Å². The summed E-state index contributed by atoms with van der Waals surface area (Å²) >= 11 is 9.63. The van der Waals surface area contributed by atoms with E-state index in [1.807, 2.05) is 38.7 Å². The molecule has 0 unspecified atom stereocenters. The van der Waals surface area contributed by atoms with Crippen LogP contribution in [0.1, 0.15) is 27.7 Å². The number of rotatable bonds is 2. The van der Waals surface area contributed by atoms with Crippen LogP contribution < -0.4 is 10.2 Å². The molecule has 0 aromatic carbocycles. The van der Waals surface area contributed by atoms with E-state index in [1.54, 1.807) is 6.20 Å². The highest BCUT2D eigenvalue weighted by Crippen LogP contribution is 2.32. The fourth-order valence-electron chi connectivity index (χ4n) is 2.67. The van der Waals surface area contributed by atoms with Crippen LogP contribution in [0.25, 0.3) is 11.2 Å². The molecule has 25 heavy (non-hydrogen) atoms. The molecule has 1 N–H and O–H groups in total. The largest absolute Gasteiger partial charge is 0.444 e. The molecule has 134 valence electrons. The predicted molar refractivity (Wildman–Crippen MR) is 100 cm³/mol. The van der Waals surface area contributed by atoms with Crippen molar-refractivity contribution in [3.05, 3.63) is 21.9 Å². The van der Waals surface area contributed by atoms with Crippen LogP contribution in [0.4, 0.5) is 10.6 Å². The zero-order valence-electron chi connectivity index (χ0n) is 14.4. The molecule has 0 radical (unpaired) electrons. The van der Waals surface area contributed by atoms with E-state index in [2.05, 4.69) is 36.2 Å². The Bertz CT molecular complexity index is 833. The van der Waals surface area contributed by atoms with Gasteiger partial charge in [0.2, 0.25) is 0 Å². The molecule has 1 aliphatic rings. The minimum atomic E-state index is -0.531. The fourth-order valence-corrected chi connectivity index (χ4v) is 3.24. The Kier molecular flexibility index (Phi) is 4.53. The first-order valence-electron chi connectivity index (χ1n) is 7.80. The normalized spacial score (nSPS) is 16.5. The van der Waals surface area contributed by atoms with Gasteiger partial charge in [0.15, 0.2) is 16.6 Å². The second kappa shape index (κ2) is 6.25. The van der Waals surface area contributed by atoms with Crippen molar-refractivity contribution in [2.24, 2.45) is 0 Å². The lowest BCUT2D eigenvalue weighted by atomic mass is 9.92. The van der Waals surface area contributed by atoms with E-state index in [4.69, 9.17) is 16.3 Å². The Morgan fingerprint density at radius 3 is 2.72 bits per heavy atom. The summed E-state index contributed by atoms with van der Waals surface area (Å²) in [6.07, 6.45) is 1.23. The average Bonchev–Trinajstić information content (AvgIpc) is 2.41. The molecule has 0 bridgehead atoms. The number of anilines is 1. The van der Waals surface area contributed by atoms with Gasteiger partial charge in [0.25, 0.3) is 0 Å². The maximum absolute atomic E-state index is 12.0. The lowest BCUT2D eigenvalue weighted by Crippen LogP contribution is -2.69. The van der Waals surface area contributed by atoms with Gasteiger partial charge >= 0.3 is 6.09 Å². The highest BCUT2D eigenvalue weighted by Gasteiger charge is 2.42. The van der Waals surface area contributed by atoms with Crippen LogP contribution in [0.5, 0.6) is 0 Å². The first-order valence-corrected chi connectivity index (χ1v) is 8.97. The summed E-state index contributed by atoms with van der Waals surface area (Å²) in [4.78, 5) is 27.0. The van der Waals surface area contributed by atoms with Crippen molar-refractivity contribution in [1.29, 1.82) is 0 Å². The van der Waals surface area contributed by atoms with Gasteiger partial charge in [0.1, 0.15) is 11.1 Å². The molecule has 2 aromatic rings. The molecule has 0 atom stereocenters. The summed E-state index contributed by atoms with van der Waals surface area (Å²) in [5.74, 6) is 0.562. The second-order valence-corrected chi connectivity index (χ2v) is 8.65. The lowest BCUT2D eigenvalue weighted by molar-refractivity contribution is 0.0445. The third kappa shape index (κ3) is 4.12. The first-order chi connectivity index (χ1) is 11.5. The van der Waals surface area contributed by atoms with Crippen LogP contribution in [0.2, 0.25) is 5.15 Å². The van der Waals surface area contributed by atoms with E-state index < -0.39 is 17.2 Å². The van der Waals surface area contributed by atoms with Crippen molar-refractivity contribution < 1.29 is 9.53 Å². The van der Waals surface area contributed by atoms with Crippen molar-refractivity contribution in [1.82, 2.24) is 20.3 Å². The van der Waals surface area contributed by atoms with E-state index in [1.165, 1.54) is 0 Å². The maximum Gasteiger partial charge on any atom is 0.408 e. The van der Waals surface area contributed by atoms with Crippen LogP contribution in [0.3, 0.4) is 0 Å². The molecule has 0 spiro atoms. The molecule has 7 nitrogen and oxygen atoms in total. The van der Waals surface area contributed by atoms with E-state index in [9.17, 15) is 4.79 Å². The van der Waals surface area contributed by atoms with Gasteiger partial charge in [-0.2, -0.15) is 0 Å². The highest BCUT2D eigenvalue weighted by molar-refractivity contribution is 9.10. The molecule has 1 saturated heterocycles. The monoisotopic (exact) mass is 427 g/mol. The Morgan fingerprint density at radius 2 is 2.08 bits per heavy atom. The van der Waals surface area contributed by atoms with Crippen molar-refractivity contribution >= 4 is 50.6 Å². The number of nitrogens with one attached hydrogen (secondary N) is 1. The van der Waals surface area contributed by atoms with E-state index >= 15 is 0 Å². The molecule has 3 rings (SSSR count). The summed E-state index contributed by atoms with van der Waals surface area (Å²) in [6, 6.07) is 1.81. The Hall–Kier alpha value is -1.67. The molecule has 1 fully saturated rings. The summed E-state index contributed by atoms with van der Waals surface area (Å²) in [5, 5.41) is 3.21. The fraction of sp³-hybridized carbons (Fsp3) is 0.500. The number of pyridine rings is 1. The molecule has 0 aliphatic carbocycles. The average molecular weight is 429 g/mol. The number of alkyl carbamates (subject to hydrolysis) is 1. The lowest BCUT2D eigenvalue weighted by Gasteiger charge is -2.48. The predicted octanol–water partition coefficient (Wildman–Crippen LogP) is 3.54. The Morgan fingerprint density at radius 1 is 1.40 bits per heavy atom. The number of nitrogens with zero attached hydrogens (tertiary/aromatic N) is 4. The minimum Gasteiger partial charge on any atom is -0.444 e. The second-order valence-electron chi connectivity index (χ2n) is 7.38. The summed E-state index contributed by atoms with van der Waals surface area (Å²) < 4.78 is 6.12. The topological polar surface area (TPSA) is 80.2 Å². The number of carbonyl (C=O) groups is 1. The third-order valence-electron chi connectivity index (χ3n) is 3.61. The minimum absolute atomic E-state index is 0.312. The van der Waals surface area contributed by atoms with E-state index in [-0.39, 0.29) is 0 Å². The number of carbonyl (C=O) groups excluding carboxylic acids is 1. The number of fused-ring (bicyclic) bond motifs is 1. The molecule has 0 saturated carbocycles. The zero-order valence-corrected chi connectivity index (χ0v) is 16.8. The van der Waals surface area contributed by atoms with Gasteiger partial charge in [-0.05, 0) is 49.7 Å². The van der Waals surface area contributed by atoms with Crippen LogP contribution in [-0.2, 0) is 4.74 Å². The SMILES string of the molecule is CC1(NC(=O)OC(C)(C)C)CN(c2nc3ncc(Br)cc3nc2Cl)C1. The van der Waals surface area contributed by atoms with Crippen molar-refractivity contribution in [2.45, 2.75) is 38.8 Å². The third-order valence-corrected chi connectivity index (χ3v) is 4.30. The van der Waals surface area contributed by atoms with Gasteiger partial charge in [0.05, 0.1) is 5.54 Å².